The third-order valence-electron chi connectivity index (χ3n) is 11.9. The monoisotopic (exact) mass is 957 g/mol. The molecule has 60 heavy (non-hydrogen) atoms. The SMILES string of the molecule is CC(C)(C)c1ccc2[n-]c3c(-c4[c-]c(-c5cc(-c6ccccc6)cc(-n6c7ccccc7c7cccnc76)n5)c5oc6ccccc6c5c4)cc(C(C)(C)C)cc3c2c1.[Pt+2]. The molecule has 0 aliphatic carbocycles. The number of furan rings is 1. The second-order valence-corrected chi connectivity index (χ2v) is 17.9. The zero-order valence-corrected chi connectivity index (χ0v) is 36.6. The molecule has 0 aliphatic heterocycles. The molecular formula is C54H42N4OPt. The minimum atomic E-state index is -0.111. The van der Waals surface area contributed by atoms with Crippen molar-refractivity contribution >= 4 is 65.7 Å². The first-order valence-electron chi connectivity index (χ1n) is 20.4. The summed E-state index contributed by atoms with van der Waals surface area (Å²) in [5.74, 6) is 0.769. The summed E-state index contributed by atoms with van der Waals surface area (Å²) in [5, 5.41) is 6.60. The molecule has 5 heterocycles. The molecule has 6 aromatic carbocycles. The van der Waals surface area contributed by atoms with E-state index in [-0.39, 0.29) is 31.9 Å². The molecule has 0 saturated carbocycles. The molecule has 0 saturated heterocycles. The van der Waals surface area contributed by atoms with Gasteiger partial charge in [-0.1, -0.05) is 156 Å². The maximum Gasteiger partial charge on any atom is 2.00 e. The van der Waals surface area contributed by atoms with Crippen LogP contribution in [0.25, 0.3) is 105 Å². The Bertz CT molecular complexity index is 3410. The first-order chi connectivity index (χ1) is 28.5. The van der Waals surface area contributed by atoms with Crippen LogP contribution < -0.4 is 4.98 Å². The van der Waals surface area contributed by atoms with Gasteiger partial charge < -0.3 is 9.40 Å². The quantitative estimate of drug-likeness (QED) is 0.165. The van der Waals surface area contributed by atoms with E-state index in [1.807, 2.05) is 24.4 Å². The van der Waals surface area contributed by atoms with Crippen LogP contribution in [0.4, 0.5) is 0 Å². The molecule has 6 heteroatoms. The van der Waals surface area contributed by atoms with E-state index in [9.17, 15) is 0 Å². The second-order valence-electron chi connectivity index (χ2n) is 17.9. The van der Waals surface area contributed by atoms with E-state index in [0.717, 1.165) is 99.6 Å². The predicted octanol–water partition coefficient (Wildman–Crippen LogP) is 14.1. The number of para-hydroxylation sites is 2. The molecule has 0 atom stereocenters. The van der Waals surface area contributed by atoms with Crippen LogP contribution in [0.5, 0.6) is 0 Å². The summed E-state index contributed by atoms with van der Waals surface area (Å²) in [7, 11) is 0. The zero-order chi connectivity index (χ0) is 40.2. The molecule has 5 aromatic heterocycles. The smallest absolute Gasteiger partial charge is 0.663 e. The minimum absolute atomic E-state index is 0. The van der Waals surface area contributed by atoms with Gasteiger partial charge in [-0.2, -0.15) is 5.52 Å². The van der Waals surface area contributed by atoms with Gasteiger partial charge in [0.15, 0.2) is 0 Å². The van der Waals surface area contributed by atoms with Gasteiger partial charge in [0.25, 0.3) is 0 Å². The van der Waals surface area contributed by atoms with Crippen LogP contribution in [-0.4, -0.2) is 14.5 Å². The molecule has 11 aromatic rings. The van der Waals surface area contributed by atoms with Crippen molar-refractivity contribution in [2.24, 2.45) is 0 Å². The van der Waals surface area contributed by atoms with Gasteiger partial charge >= 0.3 is 21.1 Å². The topological polar surface area (TPSA) is 58.0 Å². The standard InChI is InChI=1S/C54H42N4O.Pt/c1-53(2,3)35-22-23-45-41(29-35)42-31-36(54(4,5)6)30-40(50(42)57-45)34-25-43-38-18-11-13-21-48(38)59-51(43)44(26-34)46-27-33(32-15-8-7-9-16-32)28-49(56-46)58-47-20-12-10-17-37(47)39-19-14-24-55-52(39)58;/h7-25,27-31H,1-6H3;/q-2;+2. The van der Waals surface area contributed by atoms with Crippen molar-refractivity contribution in [3.8, 4) is 39.3 Å². The summed E-state index contributed by atoms with van der Waals surface area (Å²) in [6.07, 6.45) is 1.85. The summed E-state index contributed by atoms with van der Waals surface area (Å²) in [6, 6.07) is 53.3. The predicted molar refractivity (Wildman–Crippen MR) is 245 cm³/mol. The van der Waals surface area contributed by atoms with Gasteiger partial charge in [-0.15, -0.1) is 23.2 Å². The number of hydrogen-bond acceptors (Lipinski definition) is 3. The largest absolute Gasteiger partial charge is 2.00 e. The van der Waals surface area contributed by atoms with Crippen molar-refractivity contribution in [1.29, 1.82) is 0 Å². The Morgan fingerprint density at radius 3 is 2.12 bits per heavy atom. The normalized spacial score (nSPS) is 12.4. The van der Waals surface area contributed by atoms with Crippen LogP contribution in [0.15, 0.2) is 150 Å². The minimum Gasteiger partial charge on any atom is -0.663 e. The average molecular weight is 958 g/mol. The van der Waals surface area contributed by atoms with E-state index in [4.69, 9.17) is 19.4 Å². The molecule has 5 nitrogen and oxygen atoms in total. The summed E-state index contributed by atoms with van der Waals surface area (Å²) in [6.45, 7) is 13.6. The number of fused-ring (bicyclic) bond motifs is 9. The first kappa shape index (κ1) is 37.9. The van der Waals surface area contributed by atoms with Gasteiger partial charge in [-0.3, -0.25) is 9.55 Å². The van der Waals surface area contributed by atoms with Crippen LogP contribution in [-0.2, 0) is 31.9 Å². The van der Waals surface area contributed by atoms with Gasteiger partial charge in [0.2, 0.25) is 0 Å². The third-order valence-corrected chi connectivity index (χ3v) is 11.9. The molecule has 0 fully saturated rings. The van der Waals surface area contributed by atoms with Gasteiger partial charge in [-0.05, 0) is 79.6 Å². The molecule has 0 radical (unpaired) electrons. The number of rotatable bonds is 4. The molecule has 0 unspecified atom stereocenters. The van der Waals surface area contributed by atoms with Gasteiger partial charge in [0.1, 0.15) is 17.0 Å². The maximum absolute atomic E-state index is 6.80. The van der Waals surface area contributed by atoms with E-state index in [1.54, 1.807) is 0 Å². The second kappa shape index (κ2) is 13.9. The molecule has 0 aliphatic rings. The van der Waals surface area contributed by atoms with Crippen molar-refractivity contribution in [2.45, 2.75) is 52.4 Å². The van der Waals surface area contributed by atoms with Gasteiger partial charge in [-0.25, -0.2) is 4.98 Å². The molecule has 294 valence electrons. The Kier molecular flexibility index (Phi) is 8.79. The number of pyridine rings is 2. The van der Waals surface area contributed by atoms with E-state index >= 15 is 0 Å². The first-order valence-corrected chi connectivity index (χ1v) is 20.4. The summed E-state index contributed by atoms with van der Waals surface area (Å²) in [4.78, 5) is 15.8. The number of nitrogens with zero attached hydrogens (tertiary/aromatic N) is 4. The Balaban J connectivity index is 0.00000433. The molecule has 11 rings (SSSR count). The number of aromatic nitrogens is 4. The molecule has 0 spiro atoms. The fourth-order valence-corrected chi connectivity index (χ4v) is 8.71. The fourth-order valence-electron chi connectivity index (χ4n) is 8.71. The van der Waals surface area contributed by atoms with Crippen LogP contribution in [0, 0.1) is 6.07 Å². The zero-order valence-electron chi connectivity index (χ0n) is 34.4. The van der Waals surface area contributed by atoms with Crippen molar-refractivity contribution < 1.29 is 25.5 Å². The van der Waals surface area contributed by atoms with E-state index in [0.29, 0.717) is 0 Å². The van der Waals surface area contributed by atoms with Crippen LogP contribution >= 0.6 is 0 Å². The molecular weight excluding hydrogens is 916 g/mol. The van der Waals surface area contributed by atoms with Crippen molar-refractivity contribution in [1.82, 2.24) is 19.5 Å². The van der Waals surface area contributed by atoms with Crippen molar-refractivity contribution in [2.75, 3.05) is 0 Å². The fraction of sp³-hybridized carbons (Fsp3) is 0.148. The van der Waals surface area contributed by atoms with E-state index in [2.05, 4.69) is 174 Å². The number of benzene rings is 6. The van der Waals surface area contributed by atoms with Crippen LogP contribution in [0.2, 0.25) is 0 Å². The van der Waals surface area contributed by atoms with Gasteiger partial charge in [0.05, 0.1) is 11.1 Å². The average Bonchev–Trinajstić information content (AvgIpc) is 3.92. The van der Waals surface area contributed by atoms with Crippen molar-refractivity contribution in [3.05, 3.63) is 163 Å². The Labute approximate surface area is 363 Å². The third kappa shape index (κ3) is 6.09. The molecule has 0 amide bonds. The van der Waals surface area contributed by atoms with Gasteiger partial charge in [0, 0.05) is 28.0 Å². The Morgan fingerprint density at radius 1 is 0.600 bits per heavy atom. The van der Waals surface area contributed by atoms with Crippen molar-refractivity contribution in [3.63, 3.8) is 0 Å². The van der Waals surface area contributed by atoms with E-state index < -0.39 is 0 Å². The summed E-state index contributed by atoms with van der Waals surface area (Å²) < 4.78 is 8.98. The Hall–Kier alpha value is -6.29. The summed E-state index contributed by atoms with van der Waals surface area (Å²) in [5.41, 5.74) is 13.5. The number of hydrogen-bond donors (Lipinski definition) is 0. The maximum atomic E-state index is 6.80. The summed E-state index contributed by atoms with van der Waals surface area (Å²) >= 11 is 0. The van der Waals surface area contributed by atoms with Crippen LogP contribution in [0.1, 0.15) is 52.7 Å². The molecule has 0 N–H and O–H groups in total. The van der Waals surface area contributed by atoms with E-state index in [1.165, 1.54) is 16.5 Å². The van der Waals surface area contributed by atoms with Crippen LogP contribution in [0.3, 0.4) is 0 Å². The molecule has 0 bridgehead atoms. The Morgan fingerprint density at radius 2 is 1.32 bits per heavy atom.